The molecule has 0 atom stereocenters. The SMILES string of the molecule is Nc1cc(NC(=O)CCSC2CCOCC2)ccc1Cl. The van der Waals surface area contributed by atoms with Gasteiger partial charge in [0.15, 0.2) is 0 Å². The van der Waals surface area contributed by atoms with Gasteiger partial charge in [0.1, 0.15) is 0 Å². The van der Waals surface area contributed by atoms with Crippen molar-refractivity contribution in [3.8, 4) is 0 Å². The number of ether oxygens (including phenoxy) is 1. The lowest BCUT2D eigenvalue weighted by atomic mass is 10.2. The van der Waals surface area contributed by atoms with Crippen molar-refractivity contribution in [3.63, 3.8) is 0 Å². The van der Waals surface area contributed by atoms with Gasteiger partial charge in [0.2, 0.25) is 5.91 Å². The highest BCUT2D eigenvalue weighted by Gasteiger charge is 2.14. The monoisotopic (exact) mass is 314 g/mol. The van der Waals surface area contributed by atoms with E-state index in [1.807, 2.05) is 11.8 Å². The van der Waals surface area contributed by atoms with Crippen LogP contribution in [0.5, 0.6) is 0 Å². The summed E-state index contributed by atoms with van der Waals surface area (Å²) in [5.74, 6) is 0.839. The van der Waals surface area contributed by atoms with Gasteiger partial charge in [-0.15, -0.1) is 0 Å². The van der Waals surface area contributed by atoms with E-state index < -0.39 is 0 Å². The highest BCUT2D eigenvalue weighted by Crippen LogP contribution is 2.24. The van der Waals surface area contributed by atoms with E-state index in [9.17, 15) is 4.79 Å². The Morgan fingerprint density at radius 3 is 2.90 bits per heavy atom. The third-order valence-electron chi connectivity index (χ3n) is 3.13. The van der Waals surface area contributed by atoms with Crippen LogP contribution in [-0.2, 0) is 9.53 Å². The summed E-state index contributed by atoms with van der Waals surface area (Å²) < 4.78 is 5.31. The summed E-state index contributed by atoms with van der Waals surface area (Å²) >= 11 is 7.69. The van der Waals surface area contributed by atoms with Gasteiger partial charge < -0.3 is 15.8 Å². The second kappa shape index (κ2) is 7.76. The van der Waals surface area contributed by atoms with Crippen LogP contribution in [0.15, 0.2) is 18.2 Å². The van der Waals surface area contributed by atoms with E-state index in [-0.39, 0.29) is 5.91 Å². The van der Waals surface area contributed by atoms with Crippen LogP contribution < -0.4 is 11.1 Å². The molecule has 0 spiro atoms. The Kier molecular flexibility index (Phi) is 6.01. The zero-order chi connectivity index (χ0) is 14.4. The summed E-state index contributed by atoms with van der Waals surface area (Å²) in [5.41, 5.74) is 6.86. The van der Waals surface area contributed by atoms with E-state index in [1.165, 1.54) is 0 Å². The van der Waals surface area contributed by atoms with Gasteiger partial charge in [-0.25, -0.2) is 0 Å². The molecule has 0 bridgehead atoms. The highest BCUT2D eigenvalue weighted by molar-refractivity contribution is 7.99. The number of nitrogens with two attached hydrogens (primary N) is 1. The minimum atomic E-state index is 0.00582. The lowest BCUT2D eigenvalue weighted by Gasteiger charge is -2.21. The number of hydrogen-bond donors (Lipinski definition) is 2. The van der Waals surface area contributed by atoms with Gasteiger partial charge in [0.05, 0.1) is 10.7 Å². The molecule has 110 valence electrons. The summed E-state index contributed by atoms with van der Waals surface area (Å²) in [5, 5.41) is 3.96. The van der Waals surface area contributed by atoms with Crippen molar-refractivity contribution in [1.29, 1.82) is 0 Å². The van der Waals surface area contributed by atoms with E-state index in [2.05, 4.69) is 5.32 Å². The molecular weight excluding hydrogens is 296 g/mol. The molecular formula is C14H19ClN2O2S. The molecule has 0 aromatic heterocycles. The molecule has 0 aliphatic carbocycles. The number of hydrogen-bond acceptors (Lipinski definition) is 4. The first kappa shape index (κ1) is 15.5. The number of anilines is 2. The van der Waals surface area contributed by atoms with E-state index in [0.717, 1.165) is 31.8 Å². The number of thioether (sulfide) groups is 1. The number of rotatable bonds is 5. The van der Waals surface area contributed by atoms with Gasteiger partial charge in [-0.05, 0) is 31.0 Å². The molecule has 6 heteroatoms. The van der Waals surface area contributed by atoms with E-state index in [0.29, 0.717) is 28.1 Å². The predicted octanol–water partition coefficient (Wildman–Crippen LogP) is 3.16. The first-order valence-electron chi connectivity index (χ1n) is 6.69. The molecule has 1 aromatic rings. The molecule has 3 N–H and O–H groups in total. The van der Waals surface area contributed by atoms with Gasteiger partial charge in [0, 0.05) is 36.3 Å². The van der Waals surface area contributed by atoms with Crippen molar-refractivity contribution in [2.45, 2.75) is 24.5 Å². The van der Waals surface area contributed by atoms with Gasteiger partial charge in [-0.2, -0.15) is 11.8 Å². The molecule has 1 aliphatic rings. The number of benzene rings is 1. The Morgan fingerprint density at radius 2 is 2.20 bits per heavy atom. The molecule has 1 aliphatic heterocycles. The molecule has 1 aromatic carbocycles. The van der Waals surface area contributed by atoms with Gasteiger partial charge in [0.25, 0.3) is 0 Å². The first-order chi connectivity index (χ1) is 9.65. The van der Waals surface area contributed by atoms with Crippen molar-refractivity contribution >= 4 is 40.6 Å². The third kappa shape index (κ3) is 4.89. The largest absolute Gasteiger partial charge is 0.397 e. The van der Waals surface area contributed by atoms with Crippen LogP contribution in [-0.4, -0.2) is 30.1 Å². The molecule has 1 fully saturated rings. The smallest absolute Gasteiger partial charge is 0.225 e. The fourth-order valence-corrected chi connectivity index (χ4v) is 3.29. The number of nitrogens with one attached hydrogen (secondary N) is 1. The zero-order valence-corrected chi connectivity index (χ0v) is 12.8. The summed E-state index contributed by atoms with van der Waals surface area (Å²) in [6.07, 6.45) is 2.67. The summed E-state index contributed by atoms with van der Waals surface area (Å²) in [4.78, 5) is 11.8. The lowest BCUT2D eigenvalue weighted by Crippen LogP contribution is -2.19. The second-order valence-electron chi connectivity index (χ2n) is 4.72. The van der Waals surface area contributed by atoms with Crippen LogP contribution in [0.25, 0.3) is 0 Å². The number of halogens is 1. The average Bonchev–Trinajstić information content (AvgIpc) is 2.44. The van der Waals surface area contributed by atoms with Crippen molar-refractivity contribution in [1.82, 2.24) is 0 Å². The molecule has 4 nitrogen and oxygen atoms in total. The maximum Gasteiger partial charge on any atom is 0.225 e. The lowest BCUT2D eigenvalue weighted by molar-refractivity contribution is -0.115. The Labute approximate surface area is 128 Å². The predicted molar refractivity (Wildman–Crippen MR) is 85.4 cm³/mol. The van der Waals surface area contributed by atoms with Crippen LogP contribution in [0.3, 0.4) is 0 Å². The molecule has 1 saturated heterocycles. The molecule has 1 amide bonds. The minimum absolute atomic E-state index is 0.00582. The number of carbonyl (C=O) groups excluding carboxylic acids is 1. The van der Waals surface area contributed by atoms with Crippen molar-refractivity contribution in [2.75, 3.05) is 30.0 Å². The minimum Gasteiger partial charge on any atom is -0.397 e. The summed E-state index contributed by atoms with van der Waals surface area (Å²) in [7, 11) is 0. The molecule has 0 unspecified atom stereocenters. The Hall–Kier alpha value is -0.910. The van der Waals surface area contributed by atoms with Gasteiger partial charge in [-0.3, -0.25) is 4.79 Å². The summed E-state index contributed by atoms with van der Waals surface area (Å²) in [6, 6.07) is 5.11. The molecule has 20 heavy (non-hydrogen) atoms. The standard InChI is InChI=1S/C14H19ClN2O2S/c15-12-2-1-10(9-13(12)16)17-14(18)5-8-20-11-3-6-19-7-4-11/h1-2,9,11H,3-8,16H2,(H,17,18). The second-order valence-corrected chi connectivity index (χ2v) is 6.53. The molecule has 0 radical (unpaired) electrons. The van der Waals surface area contributed by atoms with Crippen LogP contribution >= 0.6 is 23.4 Å². The quantitative estimate of drug-likeness (QED) is 0.819. The van der Waals surface area contributed by atoms with Crippen LogP contribution in [0.1, 0.15) is 19.3 Å². The van der Waals surface area contributed by atoms with Gasteiger partial charge >= 0.3 is 0 Å². The van der Waals surface area contributed by atoms with Crippen LogP contribution in [0, 0.1) is 0 Å². The van der Waals surface area contributed by atoms with Gasteiger partial charge in [-0.1, -0.05) is 11.6 Å². The van der Waals surface area contributed by atoms with Crippen molar-refractivity contribution in [2.24, 2.45) is 0 Å². The third-order valence-corrected chi connectivity index (χ3v) is 4.86. The molecule has 1 heterocycles. The van der Waals surface area contributed by atoms with E-state index in [1.54, 1.807) is 18.2 Å². The highest BCUT2D eigenvalue weighted by atomic mass is 35.5. The van der Waals surface area contributed by atoms with Crippen molar-refractivity contribution in [3.05, 3.63) is 23.2 Å². The van der Waals surface area contributed by atoms with E-state index >= 15 is 0 Å². The van der Waals surface area contributed by atoms with Crippen molar-refractivity contribution < 1.29 is 9.53 Å². The Morgan fingerprint density at radius 1 is 1.45 bits per heavy atom. The number of carbonyl (C=O) groups is 1. The van der Waals surface area contributed by atoms with Crippen LogP contribution in [0.2, 0.25) is 5.02 Å². The zero-order valence-electron chi connectivity index (χ0n) is 11.2. The number of amides is 1. The summed E-state index contributed by atoms with van der Waals surface area (Å²) in [6.45, 7) is 1.68. The van der Waals surface area contributed by atoms with E-state index in [4.69, 9.17) is 22.1 Å². The Bertz CT molecular complexity index is 464. The molecule has 0 saturated carbocycles. The first-order valence-corrected chi connectivity index (χ1v) is 8.12. The maximum atomic E-state index is 11.8. The van der Waals surface area contributed by atoms with Crippen LogP contribution in [0.4, 0.5) is 11.4 Å². The Balaban J connectivity index is 1.70. The normalized spacial score (nSPS) is 16.1. The number of nitrogen functional groups attached to an aromatic ring is 1. The fraction of sp³-hybridized carbons (Fsp3) is 0.500. The topological polar surface area (TPSA) is 64.3 Å². The average molecular weight is 315 g/mol. The maximum absolute atomic E-state index is 11.8. The fourth-order valence-electron chi connectivity index (χ4n) is 2.01. The molecule has 2 rings (SSSR count).